The fraction of sp³-hybridized carbons (Fsp3) is 0.0870. The lowest BCUT2D eigenvalue weighted by atomic mass is 9.87. The second-order valence-corrected chi connectivity index (χ2v) is 6.35. The summed E-state index contributed by atoms with van der Waals surface area (Å²) >= 11 is 0. The molecule has 0 bridgehead atoms. The van der Waals surface area contributed by atoms with E-state index in [2.05, 4.69) is 56.7 Å². The minimum absolute atomic E-state index is 0.188. The quantitative estimate of drug-likeness (QED) is 0.531. The Kier molecular flexibility index (Phi) is 5.16. The summed E-state index contributed by atoms with van der Waals surface area (Å²) in [7, 11) is 0. The van der Waals surface area contributed by atoms with Crippen LogP contribution in [-0.4, -0.2) is 15.0 Å². The molecule has 3 heterocycles. The van der Waals surface area contributed by atoms with E-state index in [1.54, 1.807) is 12.4 Å². The van der Waals surface area contributed by atoms with E-state index in [0.29, 0.717) is 0 Å². The van der Waals surface area contributed by atoms with Crippen molar-refractivity contribution in [3.63, 3.8) is 0 Å². The Labute approximate surface area is 159 Å². The molecule has 0 radical (unpaired) electrons. The summed E-state index contributed by atoms with van der Waals surface area (Å²) in [6, 6.07) is 20.6. The van der Waals surface area contributed by atoms with E-state index in [-0.39, 0.29) is 5.92 Å². The Bertz CT molecular complexity index is 933. The maximum absolute atomic E-state index is 4.32. The number of benzene rings is 1. The molecule has 4 heteroatoms. The molecule has 3 aromatic heterocycles. The van der Waals surface area contributed by atoms with Gasteiger partial charge in [-0.1, -0.05) is 30.3 Å². The van der Waals surface area contributed by atoms with Crippen LogP contribution in [0.3, 0.4) is 0 Å². The summed E-state index contributed by atoms with van der Waals surface area (Å²) in [6.07, 6.45) is 11.9. The maximum Gasteiger partial charge on any atom is 0.0417 e. The first-order valence-electron chi connectivity index (χ1n) is 8.95. The second-order valence-electron chi connectivity index (χ2n) is 6.35. The molecule has 1 aromatic carbocycles. The van der Waals surface area contributed by atoms with Crippen LogP contribution in [0.25, 0.3) is 0 Å². The molecule has 132 valence electrons. The van der Waals surface area contributed by atoms with E-state index in [1.165, 1.54) is 16.7 Å². The number of aromatic nitrogens is 3. The van der Waals surface area contributed by atoms with E-state index >= 15 is 0 Å². The summed E-state index contributed by atoms with van der Waals surface area (Å²) in [5.41, 5.74) is 5.73. The van der Waals surface area contributed by atoms with Gasteiger partial charge in [-0.2, -0.15) is 0 Å². The van der Waals surface area contributed by atoms with E-state index in [4.69, 9.17) is 0 Å². The lowest BCUT2D eigenvalue weighted by Crippen LogP contribution is -2.07. The van der Waals surface area contributed by atoms with Crippen molar-refractivity contribution < 1.29 is 0 Å². The van der Waals surface area contributed by atoms with Gasteiger partial charge in [-0.05, 0) is 53.4 Å². The van der Waals surface area contributed by atoms with Crippen LogP contribution in [0.5, 0.6) is 0 Å². The van der Waals surface area contributed by atoms with Crippen molar-refractivity contribution in [2.24, 2.45) is 0 Å². The monoisotopic (exact) mass is 352 g/mol. The highest BCUT2D eigenvalue weighted by Crippen LogP contribution is 2.31. The van der Waals surface area contributed by atoms with Gasteiger partial charge >= 0.3 is 0 Å². The van der Waals surface area contributed by atoms with Crippen molar-refractivity contribution in [2.75, 3.05) is 5.32 Å². The van der Waals surface area contributed by atoms with Gasteiger partial charge in [0, 0.05) is 54.5 Å². The standard InChI is InChI=1S/C23H20N4/c1-2-8-23(27-21-9-13-24-14-10-21)18(5-1)15-22(19-6-3-11-25-16-19)20-7-4-12-26-17-20/h1-14,16-17,22H,15H2,(H,24,27). The van der Waals surface area contributed by atoms with Crippen molar-refractivity contribution in [1.29, 1.82) is 0 Å². The molecule has 0 aliphatic rings. The molecule has 4 rings (SSSR count). The Balaban J connectivity index is 1.68. The molecule has 0 aliphatic carbocycles. The van der Waals surface area contributed by atoms with Crippen molar-refractivity contribution in [1.82, 2.24) is 15.0 Å². The third kappa shape index (κ3) is 4.18. The third-order valence-corrected chi connectivity index (χ3v) is 4.57. The molecule has 0 saturated carbocycles. The van der Waals surface area contributed by atoms with Gasteiger partial charge in [0.1, 0.15) is 0 Å². The van der Waals surface area contributed by atoms with Gasteiger partial charge in [-0.3, -0.25) is 15.0 Å². The van der Waals surface area contributed by atoms with E-state index in [9.17, 15) is 0 Å². The fourth-order valence-corrected chi connectivity index (χ4v) is 3.22. The van der Waals surface area contributed by atoms with Gasteiger partial charge in [-0.15, -0.1) is 0 Å². The predicted octanol–water partition coefficient (Wildman–Crippen LogP) is 4.99. The van der Waals surface area contributed by atoms with Crippen molar-refractivity contribution in [2.45, 2.75) is 12.3 Å². The van der Waals surface area contributed by atoms with Crippen molar-refractivity contribution >= 4 is 11.4 Å². The lowest BCUT2D eigenvalue weighted by Gasteiger charge is -2.20. The second kappa shape index (κ2) is 8.23. The number of nitrogens with one attached hydrogen (secondary N) is 1. The lowest BCUT2D eigenvalue weighted by molar-refractivity contribution is 0.795. The predicted molar refractivity (Wildman–Crippen MR) is 108 cm³/mol. The molecular formula is C23H20N4. The molecule has 0 amide bonds. The molecule has 0 saturated heterocycles. The molecule has 0 unspecified atom stereocenters. The van der Waals surface area contributed by atoms with Crippen LogP contribution in [0.2, 0.25) is 0 Å². The average molecular weight is 352 g/mol. The highest BCUT2D eigenvalue weighted by atomic mass is 14.9. The summed E-state index contributed by atoms with van der Waals surface area (Å²) in [5, 5.41) is 3.51. The molecule has 0 spiro atoms. The molecule has 4 aromatic rings. The van der Waals surface area contributed by atoms with Crippen LogP contribution in [0.15, 0.2) is 97.8 Å². The zero-order valence-electron chi connectivity index (χ0n) is 14.9. The topological polar surface area (TPSA) is 50.7 Å². The first kappa shape index (κ1) is 16.9. The van der Waals surface area contributed by atoms with Crippen LogP contribution in [0, 0.1) is 0 Å². The van der Waals surface area contributed by atoms with Gasteiger partial charge in [0.2, 0.25) is 0 Å². The van der Waals surface area contributed by atoms with E-state index < -0.39 is 0 Å². The van der Waals surface area contributed by atoms with Gasteiger partial charge < -0.3 is 5.32 Å². The summed E-state index contributed by atoms with van der Waals surface area (Å²) in [6.45, 7) is 0. The Morgan fingerprint density at radius 3 is 1.96 bits per heavy atom. The zero-order chi connectivity index (χ0) is 18.3. The highest BCUT2D eigenvalue weighted by molar-refractivity contribution is 5.63. The van der Waals surface area contributed by atoms with Crippen LogP contribution >= 0.6 is 0 Å². The number of rotatable bonds is 6. The summed E-state index contributed by atoms with van der Waals surface area (Å²) < 4.78 is 0. The molecule has 0 atom stereocenters. The van der Waals surface area contributed by atoms with E-state index in [1.807, 2.05) is 49.1 Å². The van der Waals surface area contributed by atoms with Crippen LogP contribution < -0.4 is 5.32 Å². The van der Waals surface area contributed by atoms with Gasteiger partial charge in [0.15, 0.2) is 0 Å². The van der Waals surface area contributed by atoms with Crippen LogP contribution in [0.1, 0.15) is 22.6 Å². The minimum Gasteiger partial charge on any atom is -0.355 e. The minimum atomic E-state index is 0.188. The molecule has 1 N–H and O–H groups in total. The number of hydrogen-bond acceptors (Lipinski definition) is 4. The molecular weight excluding hydrogens is 332 g/mol. The number of anilines is 2. The highest BCUT2D eigenvalue weighted by Gasteiger charge is 2.17. The van der Waals surface area contributed by atoms with Gasteiger partial charge in [0.25, 0.3) is 0 Å². The van der Waals surface area contributed by atoms with Crippen molar-refractivity contribution in [3.05, 3.63) is 115 Å². The van der Waals surface area contributed by atoms with Gasteiger partial charge in [-0.25, -0.2) is 0 Å². The normalized spacial score (nSPS) is 10.7. The molecule has 27 heavy (non-hydrogen) atoms. The summed E-state index contributed by atoms with van der Waals surface area (Å²) in [4.78, 5) is 12.7. The van der Waals surface area contributed by atoms with Gasteiger partial charge in [0.05, 0.1) is 0 Å². The first-order valence-corrected chi connectivity index (χ1v) is 8.95. The number of pyridine rings is 3. The Morgan fingerprint density at radius 1 is 0.667 bits per heavy atom. The molecule has 0 aliphatic heterocycles. The maximum atomic E-state index is 4.32. The van der Waals surface area contributed by atoms with Crippen LogP contribution in [-0.2, 0) is 6.42 Å². The number of nitrogens with zero attached hydrogens (tertiary/aromatic N) is 3. The first-order chi connectivity index (χ1) is 13.4. The SMILES string of the molecule is c1cncc(C(Cc2ccccc2Nc2ccncc2)c2cccnc2)c1. The molecule has 4 nitrogen and oxygen atoms in total. The number of para-hydroxylation sites is 1. The van der Waals surface area contributed by atoms with Crippen molar-refractivity contribution in [3.8, 4) is 0 Å². The Hall–Kier alpha value is -3.53. The average Bonchev–Trinajstić information content (AvgIpc) is 2.75. The zero-order valence-corrected chi connectivity index (χ0v) is 14.9. The number of hydrogen-bond donors (Lipinski definition) is 1. The summed E-state index contributed by atoms with van der Waals surface area (Å²) in [5.74, 6) is 0.188. The smallest absolute Gasteiger partial charge is 0.0417 e. The van der Waals surface area contributed by atoms with E-state index in [0.717, 1.165) is 17.8 Å². The third-order valence-electron chi connectivity index (χ3n) is 4.57. The largest absolute Gasteiger partial charge is 0.355 e. The Morgan fingerprint density at radius 2 is 1.33 bits per heavy atom. The molecule has 0 fully saturated rings. The fourth-order valence-electron chi connectivity index (χ4n) is 3.22. The van der Waals surface area contributed by atoms with Crippen LogP contribution in [0.4, 0.5) is 11.4 Å².